The number of amides is 2. The minimum Gasteiger partial charge on any atom is -0.422 e. The number of hydrazone groups is 1. The molecule has 7 nitrogen and oxygen atoms in total. The third-order valence-corrected chi connectivity index (χ3v) is 4.73. The van der Waals surface area contributed by atoms with E-state index in [1.54, 1.807) is 67.6 Å². The Bertz CT molecular complexity index is 1190. The molecule has 3 aromatic carbocycles. The topological polar surface area (TPSA) is 96.9 Å². The van der Waals surface area contributed by atoms with Crippen LogP contribution in [0.25, 0.3) is 0 Å². The predicted molar refractivity (Wildman–Crippen MR) is 123 cm³/mol. The first kappa shape index (κ1) is 22.7. The van der Waals surface area contributed by atoms with Crippen LogP contribution < -0.4 is 15.5 Å². The van der Waals surface area contributed by atoms with Crippen molar-refractivity contribution in [2.75, 3.05) is 5.32 Å². The number of anilines is 1. The second-order valence-corrected chi connectivity index (χ2v) is 7.24. The number of benzene rings is 3. The number of para-hydroxylation sites is 1. The highest BCUT2D eigenvalue weighted by atomic mass is 35.5. The van der Waals surface area contributed by atoms with Crippen molar-refractivity contribution in [3.63, 3.8) is 0 Å². The molecule has 0 radical (unpaired) electrons. The van der Waals surface area contributed by atoms with E-state index in [0.29, 0.717) is 27.5 Å². The largest absolute Gasteiger partial charge is 0.422 e. The molecule has 3 aromatic rings. The zero-order valence-corrected chi connectivity index (χ0v) is 18.1. The molecule has 162 valence electrons. The number of carbonyl (C=O) groups excluding carboxylic acids is 3. The number of hydrogen-bond donors (Lipinski definition) is 2. The van der Waals surface area contributed by atoms with Gasteiger partial charge in [-0.1, -0.05) is 41.9 Å². The molecule has 0 atom stereocenters. The Kier molecular flexibility index (Phi) is 7.36. The normalized spacial score (nSPS) is 10.9. The van der Waals surface area contributed by atoms with Crippen LogP contribution >= 0.6 is 11.6 Å². The Morgan fingerprint density at radius 1 is 0.844 bits per heavy atom. The summed E-state index contributed by atoms with van der Waals surface area (Å²) in [5, 5.41) is 6.93. The van der Waals surface area contributed by atoms with Crippen LogP contribution in [0.2, 0.25) is 5.02 Å². The van der Waals surface area contributed by atoms with Crippen LogP contribution in [0.5, 0.6) is 5.75 Å². The van der Waals surface area contributed by atoms with Crippen molar-refractivity contribution < 1.29 is 19.1 Å². The summed E-state index contributed by atoms with van der Waals surface area (Å²) in [7, 11) is 0. The predicted octanol–water partition coefficient (Wildman–Crippen LogP) is 4.35. The number of hydrogen-bond acceptors (Lipinski definition) is 5. The zero-order valence-electron chi connectivity index (χ0n) is 17.4. The number of carbonyl (C=O) groups is 3. The van der Waals surface area contributed by atoms with Crippen LogP contribution in [0, 0.1) is 6.92 Å². The number of ether oxygens (including phenoxy) is 1. The van der Waals surface area contributed by atoms with Gasteiger partial charge in [0.1, 0.15) is 5.75 Å². The van der Waals surface area contributed by atoms with Gasteiger partial charge in [-0.25, -0.2) is 10.2 Å². The van der Waals surface area contributed by atoms with Gasteiger partial charge in [0.15, 0.2) is 0 Å². The molecule has 0 aliphatic carbocycles. The first-order chi connectivity index (χ1) is 15.3. The van der Waals surface area contributed by atoms with Gasteiger partial charge in [-0.15, -0.1) is 0 Å². The Morgan fingerprint density at radius 3 is 2.16 bits per heavy atom. The van der Waals surface area contributed by atoms with Crippen LogP contribution in [0.4, 0.5) is 5.69 Å². The average Bonchev–Trinajstić information content (AvgIpc) is 2.79. The fraction of sp³-hybridized carbons (Fsp3) is 0.0833. The molecule has 0 aromatic heterocycles. The number of nitrogens with one attached hydrogen (secondary N) is 2. The van der Waals surface area contributed by atoms with Crippen LogP contribution in [-0.2, 0) is 9.59 Å². The fourth-order valence-electron chi connectivity index (χ4n) is 2.78. The molecule has 8 heteroatoms. The lowest BCUT2D eigenvalue weighted by molar-refractivity contribution is -0.136. The molecule has 0 saturated carbocycles. The lowest BCUT2D eigenvalue weighted by atomic mass is 10.1. The fourth-order valence-corrected chi connectivity index (χ4v) is 2.90. The van der Waals surface area contributed by atoms with E-state index in [0.717, 1.165) is 5.56 Å². The van der Waals surface area contributed by atoms with Crippen molar-refractivity contribution >= 4 is 40.8 Å². The maximum atomic E-state index is 12.6. The van der Waals surface area contributed by atoms with E-state index in [1.807, 2.05) is 19.1 Å². The minimum atomic E-state index is -0.950. The lowest BCUT2D eigenvalue weighted by Gasteiger charge is -2.11. The average molecular weight is 450 g/mol. The first-order valence-electron chi connectivity index (χ1n) is 9.63. The van der Waals surface area contributed by atoms with Crippen molar-refractivity contribution in [2.24, 2.45) is 5.10 Å². The van der Waals surface area contributed by atoms with Gasteiger partial charge in [0, 0.05) is 16.3 Å². The number of rotatable bonds is 5. The van der Waals surface area contributed by atoms with Crippen molar-refractivity contribution in [3.8, 4) is 5.75 Å². The molecule has 0 fully saturated rings. The summed E-state index contributed by atoms with van der Waals surface area (Å²) in [5.41, 5.74) is 4.71. The third-order valence-electron chi connectivity index (χ3n) is 4.48. The minimum absolute atomic E-state index is 0.280. The van der Waals surface area contributed by atoms with E-state index in [-0.39, 0.29) is 5.75 Å². The SMILES string of the molecule is C/C(=N\NC(=O)C(=O)Nc1ccc(Cl)cc1)c1ccccc1OC(=O)c1ccccc1C. The van der Waals surface area contributed by atoms with Crippen molar-refractivity contribution in [1.82, 2.24) is 5.43 Å². The van der Waals surface area contributed by atoms with E-state index in [2.05, 4.69) is 15.8 Å². The lowest BCUT2D eigenvalue weighted by Crippen LogP contribution is -2.33. The van der Waals surface area contributed by atoms with Gasteiger partial charge in [-0.05, 0) is 61.9 Å². The Hall–Kier alpha value is -3.97. The van der Waals surface area contributed by atoms with Crippen molar-refractivity contribution in [1.29, 1.82) is 0 Å². The smallest absolute Gasteiger partial charge is 0.343 e. The monoisotopic (exact) mass is 449 g/mol. The zero-order chi connectivity index (χ0) is 23.1. The number of halogens is 1. The Labute approximate surface area is 190 Å². The highest BCUT2D eigenvalue weighted by Crippen LogP contribution is 2.21. The summed E-state index contributed by atoms with van der Waals surface area (Å²) >= 11 is 5.80. The van der Waals surface area contributed by atoms with Gasteiger partial charge in [0.05, 0.1) is 11.3 Å². The van der Waals surface area contributed by atoms with E-state index in [9.17, 15) is 14.4 Å². The summed E-state index contributed by atoms with van der Waals surface area (Å²) in [6.45, 7) is 3.44. The van der Waals surface area contributed by atoms with Crippen molar-refractivity contribution in [3.05, 3.63) is 94.5 Å². The summed E-state index contributed by atoms with van der Waals surface area (Å²) < 4.78 is 5.55. The molecular formula is C24H20ClN3O4. The van der Waals surface area contributed by atoms with Crippen LogP contribution in [0.3, 0.4) is 0 Å². The van der Waals surface area contributed by atoms with E-state index >= 15 is 0 Å². The summed E-state index contributed by atoms with van der Waals surface area (Å²) in [6, 6.07) is 20.2. The molecule has 3 rings (SSSR count). The molecule has 0 spiro atoms. The molecule has 0 aliphatic heterocycles. The molecular weight excluding hydrogens is 430 g/mol. The standard InChI is InChI=1S/C24H20ClN3O4/c1-15-7-3-4-8-19(15)24(31)32-21-10-6-5-9-20(21)16(2)27-28-23(30)22(29)26-18-13-11-17(25)12-14-18/h3-14H,1-2H3,(H,26,29)(H,28,30)/b27-16+. The number of aryl methyl sites for hydroxylation is 1. The van der Waals surface area contributed by atoms with Crippen molar-refractivity contribution in [2.45, 2.75) is 13.8 Å². The van der Waals surface area contributed by atoms with E-state index < -0.39 is 17.8 Å². The van der Waals surface area contributed by atoms with Gasteiger partial charge < -0.3 is 10.1 Å². The molecule has 32 heavy (non-hydrogen) atoms. The van der Waals surface area contributed by atoms with Gasteiger partial charge >= 0.3 is 17.8 Å². The van der Waals surface area contributed by atoms with Crippen LogP contribution in [0.15, 0.2) is 77.9 Å². The maximum absolute atomic E-state index is 12.6. The van der Waals surface area contributed by atoms with Gasteiger partial charge in [0.25, 0.3) is 0 Å². The molecule has 2 N–H and O–H groups in total. The first-order valence-corrected chi connectivity index (χ1v) is 10.0. The Balaban J connectivity index is 1.69. The second kappa shape index (κ2) is 10.4. The third kappa shape index (κ3) is 5.80. The highest BCUT2D eigenvalue weighted by molar-refractivity contribution is 6.39. The molecule has 0 bridgehead atoms. The van der Waals surface area contributed by atoms with Gasteiger partial charge in [-0.2, -0.15) is 5.10 Å². The molecule has 0 unspecified atom stereocenters. The van der Waals surface area contributed by atoms with Gasteiger partial charge in [0.2, 0.25) is 0 Å². The number of esters is 1. The Morgan fingerprint density at radius 2 is 1.47 bits per heavy atom. The molecule has 2 amide bonds. The van der Waals surface area contributed by atoms with Crippen LogP contribution in [-0.4, -0.2) is 23.5 Å². The van der Waals surface area contributed by atoms with E-state index in [1.165, 1.54) is 0 Å². The summed E-state index contributed by atoms with van der Waals surface area (Å²) in [6.07, 6.45) is 0. The maximum Gasteiger partial charge on any atom is 0.343 e. The molecule has 0 saturated heterocycles. The second-order valence-electron chi connectivity index (χ2n) is 6.80. The van der Waals surface area contributed by atoms with Crippen LogP contribution in [0.1, 0.15) is 28.4 Å². The van der Waals surface area contributed by atoms with E-state index in [4.69, 9.17) is 16.3 Å². The van der Waals surface area contributed by atoms with Gasteiger partial charge in [-0.3, -0.25) is 9.59 Å². The molecule has 0 aliphatic rings. The quantitative estimate of drug-likeness (QED) is 0.199. The number of nitrogens with zero attached hydrogens (tertiary/aromatic N) is 1. The summed E-state index contributed by atoms with van der Waals surface area (Å²) in [4.78, 5) is 36.7. The highest BCUT2D eigenvalue weighted by Gasteiger charge is 2.16. The summed E-state index contributed by atoms with van der Waals surface area (Å²) in [5.74, 6) is -2.06. The molecule has 0 heterocycles.